The van der Waals surface area contributed by atoms with Crippen molar-refractivity contribution in [2.45, 2.75) is 31.5 Å². The first-order chi connectivity index (χ1) is 8.43. The number of anilines is 1. The van der Waals surface area contributed by atoms with Gasteiger partial charge in [-0.3, -0.25) is 0 Å². The van der Waals surface area contributed by atoms with Crippen molar-refractivity contribution < 1.29 is 4.74 Å². The molecule has 0 aromatic carbocycles. The van der Waals surface area contributed by atoms with Gasteiger partial charge in [-0.25, -0.2) is 4.98 Å². The lowest BCUT2D eigenvalue weighted by molar-refractivity contribution is 0.0879. The topological polar surface area (TPSA) is 25.4 Å². The third-order valence-electron chi connectivity index (χ3n) is 4.00. The van der Waals surface area contributed by atoms with Crippen molar-refractivity contribution in [1.29, 1.82) is 0 Å². The Hall–Kier alpha value is -1.35. The Morgan fingerprint density at radius 2 is 1.94 bits per heavy atom. The Morgan fingerprint density at radius 1 is 1.12 bits per heavy atom. The van der Waals surface area contributed by atoms with Gasteiger partial charge in [-0.2, -0.15) is 0 Å². The average Bonchev–Trinajstić information content (AvgIpc) is 3.01. The molecule has 1 fully saturated rings. The summed E-state index contributed by atoms with van der Waals surface area (Å²) in [5, 5.41) is 0. The second-order valence-electron chi connectivity index (χ2n) is 5.05. The first kappa shape index (κ1) is 9.66. The van der Waals surface area contributed by atoms with Crippen LogP contribution in [0, 0.1) is 0 Å². The van der Waals surface area contributed by atoms with E-state index in [9.17, 15) is 0 Å². The average molecular weight is 228 g/mol. The number of piperidine rings is 1. The van der Waals surface area contributed by atoms with Crippen molar-refractivity contribution >= 4 is 5.82 Å². The summed E-state index contributed by atoms with van der Waals surface area (Å²) < 4.78 is 5.90. The molecular weight excluding hydrogens is 212 g/mol. The summed E-state index contributed by atoms with van der Waals surface area (Å²) >= 11 is 0. The zero-order chi connectivity index (χ0) is 11.2. The Labute approximate surface area is 101 Å². The molecule has 4 rings (SSSR count). The fourth-order valence-electron chi connectivity index (χ4n) is 3.17. The van der Waals surface area contributed by atoms with Gasteiger partial charge in [0.25, 0.3) is 0 Å². The van der Waals surface area contributed by atoms with Crippen molar-refractivity contribution in [2.24, 2.45) is 0 Å². The van der Waals surface area contributed by atoms with Crippen LogP contribution in [0.4, 0.5) is 5.82 Å². The minimum atomic E-state index is 0.153. The second-order valence-corrected chi connectivity index (χ2v) is 5.05. The van der Waals surface area contributed by atoms with E-state index >= 15 is 0 Å². The highest BCUT2D eigenvalue weighted by Crippen LogP contribution is 2.48. The van der Waals surface area contributed by atoms with Gasteiger partial charge in [0.05, 0.1) is 0 Å². The van der Waals surface area contributed by atoms with Gasteiger partial charge in [0, 0.05) is 24.8 Å². The maximum Gasteiger partial charge on any atom is 0.135 e. The maximum atomic E-state index is 5.90. The smallest absolute Gasteiger partial charge is 0.135 e. The Bertz CT molecular complexity index is 477. The van der Waals surface area contributed by atoms with Gasteiger partial charge in [-0.15, -0.1) is 0 Å². The predicted octanol–water partition coefficient (Wildman–Crippen LogP) is 2.75. The molecule has 88 valence electrons. The lowest BCUT2D eigenvalue weighted by Gasteiger charge is -2.30. The van der Waals surface area contributed by atoms with E-state index < -0.39 is 0 Å². The van der Waals surface area contributed by atoms with E-state index in [0.717, 1.165) is 13.1 Å². The van der Waals surface area contributed by atoms with Gasteiger partial charge < -0.3 is 9.64 Å². The van der Waals surface area contributed by atoms with Crippen LogP contribution in [0.25, 0.3) is 0 Å². The summed E-state index contributed by atoms with van der Waals surface area (Å²) in [4.78, 5) is 7.04. The first-order valence-electron chi connectivity index (χ1n) is 6.51. The molecular formula is C14H16N2O. The monoisotopic (exact) mass is 228 g/mol. The highest BCUT2D eigenvalue weighted by Gasteiger charge is 2.37. The number of fused-ring (bicyclic) bond motifs is 5. The molecule has 3 nitrogen and oxygen atoms in total. The molecule has 2 atom stereocenters. The van der Waals surface area contributed by atoms with E-state index in [-0.39, 0.29) is 12.2 Å². The third kappa shape index (κ3) is 1.35. The SMILES string of the molecule is C1=CC2OC1c1ccnc(N3CCCCC3)c12. The number of ether oxygens (including phenoxy) is 1. The van der Waals surface area contributed by atoms with Gasteiger partial charge in [0.2, 0.25) is 0 Å². The van der Waals surface area contributed by atoms with Crippen LogP contribution < -0.4 is 4.90 Å². The largest absolute Gasteiger partial charge is 0.357 e. The van der Waals surface area contributed by atoms with Crippen molar-refractivity contribution in [3.05, 3.63) is 35.5 Å². The summed E-state index contributed by atoms with van der Waals surface area (Å²) in [6.45, 7) is 2.29. The Morgan fingerprint density at radius 3 is 2.82 bits per heavy atom. The van der Waals surface area contributed by atoms with Crippen molar-refractivity contribution in [3.8, 4) is 0 Å². The van der Waals surface area contributed by atoms with E-state index in [1.807, 2.05) is 6.20 Å². The normalized spacial score (nSPS) is 29.8. The van der Waals surface area contributed by atoms with Gasteiger partial charge in [-0.1, -0.05) is 12.2 Å². The quantitative estimate of drug-likeness (QED) is 0.691. The molecule has 4 heterocycles. The minimum absolute atomic E-state index is 0.153. The molecule has 0 spiro atoms. The van der Waals surface area contributed by atoms with Crippen LogP contribution in [0.2, 0.25) is 0 Å². The summed E-state index contributed by atoms with van der Waals surface area (Å²) in [6.07, 6.45) is 10.5. The summed E-state index contributed by atoms with van der Waals surface area (Å²) in [5.41, 5.74) is 2.65. The van der Waals surface area contributed by atoms with Crippen LogP contribution in [0.15, 0.2) is 24.4 Å². The minimum Gasteiger partial charge on any atom is -0.357 e. The Kier molecular flexibility index (Phi) is 2.03. The number of hydrogen-bond acceptors (Lipinski definition) is 3. The van der Waals surface area contributed by atoms with E-state index in [4.69, 9.17) is 4.74 Å². The van der Waals surface area contributed by atoms with Crippen molar-refractivity contribution in [1.82, 2.24) is 4.98 Å². The lowest BCUT2D eigenvalue weighted by atomic mass is 9.97. The maximum absolute atomic E-state index is 5.90. The molecule has 0 aliphatic carbocycles. The van der Waals surface area contributed by atoms with Gasteiger partial charge in [0.15, 0.2) is 0 Å². The molecule has 1 aromatic rings. The molecule has 0 saturated carbocycles. The summed E-state index contributed by atoms with van der Waals surface area (Å²) in [6, 6.07) is 2.11. The summed E-state index contributed by atoms with van der Waals surface area (Å²) in [5.74, 6) is 1.17. The molecule has 0 N–H and O–H groups in total. The highest BCUT2D eigenvalue weighted by molar-refractivity contribution is 5.58. The van der Waals surface area contributed by atoms with Gasteiger partial charge >= 0.3 is 0 Å². The molecule has 0 radical (unpaired) electrons. The van der Waals surface area contributed by atoms with Crippen LogP contribution in [0.3, 0.4) is 0 Å². The van der Waals surface area contributed by atoms with Crippen LogP contribution in [0.1, 0.15) is 42.6 Å². The fraction of sp³-hybridized carbons (Fsp3) is 0.500. The molecule has 3 aliphatic heterocycles. The fourth-order valence-corrected chi connectivity index (χ4v) is 3.17. The lowest BCUT2D eigenvalue weighted by Crippen LogP contribution is -2.31. The predicted molar refractivity (Wildman–Crippen MR) is 66.0 cm³/mol. The number of aromatic nitrogens is 1. The van der Waals surface area contributed by atoms with Crippen LogP contribution in [-0.4, -0.2) is 18.1 Å². The molecule has 3 heteroatoms. The zero-order valence-corrected chi connectivity index (χ0v) is 9.80. The van der Waals surface area contributed by atoms with E-state index in [2.05, 4.69) is 28.1 Å². The molecule has 2 unspecified atom stereocenters. The van der Waals surface area contributed by atoms with Crippen LogP contribution >= 0.6 is 0 Å². The molecule has 17 heavy (non-hydrogen) atoms. The molecule has 1 saturated heterocycles. The summed E-state index contributed by atoms with van der Waals surface area (Å²) in [7, 11) is 0. The van der Waals surface area contributed by atoms with E-state index in [1.165, 1.54) is 36.2 Å². The van der Waals surface area contributed by atoms with Gasteiger partial charge in [0.1, 0.15) is 18.0 Å². The number of hydrogen-bond donors (Lipinski definition) is 0. The number of pyridine rings is 1. The highest BCUT2D eigenvalue weighted by atomic mass is 16.5. The van der Waals surface area contributed by atoms with Crippen molar-refractivity contribution in [2.75, 3.05) is 18.0 Å². The zero-order valence-electron chi connectivity index (χ0n) is 9.80. The molecule has 1 aromatic heterocycles. The van der Waals surface area contributed by atoms with Crippen LogP contribution in [-0.2, 0) is 4.74 Å². The molecule has 2 bridgehead atoms. The standard InChI is InChI=1S/C14H16N2O/c1-2-8-16(9-3-1)14-13-10(6-7-15-14)11-4-5-12(13)17-11/h4-7,11-12H,1-3,8-9H2. The van der Waals surface area contributed by atoms with Crippen LogP contribution in [0.5, 0.6) is 0 Å². The number of nitrogens with zero attached hydrogens (tertiary/aromatic N) is 2. The first-order valence-corrected chi connectivity index (χ1v) is 6.51. The third-order valence-corrected chi connectivity index (χ3v) is 4.00. The van der Waals surface area contributed by atoms with E-state index in [1.54, 1.807) is 0 Å². The Balaban J connectivity index is 1.78. The molecule has 3 aliphatic rings. The van der Waals surface area contributed by atoms with E-state index in [0.29, 0.717) is 0 Å². The second kappa shape index (κ2) is 3.57. The van der Waals surface area contributed by atoms with Crippen molar-refractivity contribution in [3.63, 3.8) is 0 Å². The number of rotatable bonds is 1. The van der Waals surface area contributed by atoms with Gasteiger partial charge in [-0.05, 0) is 30.9 Å². The molecule has 0 amide bonds.